The molecule has 0 aliphatic heterocycles. The fourth-order valence-electron chi connectivity index (χ4n) is 0.0500. The van der Waals surface area contributed by atoms with E-state index in [1.54, 1.807) is 0 Å². The first-order chi connectivity index (χ1) is 2.41. The third-order valence-electron chi connectivity index (χ3n) is 0.183. The van der Waals surface area contributed by atoms with Crippen molar-refractivity contribution >= 4 is 6.72 Å². The molecule has 0 aromatic heterocycles. The number of nitrogens with one attached hydrogen (secondary N) is 1. The van der Waals surface area contributed by atoms with Crippen LogP contribution in [-0.2, 0) is 0 Å². The van der Waals surface area contributed by atoms with E-state index >= 15 is 0 Å². The SMILES string of the molecule is C=NNCO. The van der Waals surface area contributed by atoms with Crippen molar-refractivity contribution in [1.29, 1.82) is 0 Å². The number of hydrogen-bond donors (Lipinski definition) is 2. The summed E-state index contributed by atoms with van der Waals surface area (Å²) < 4.78 is 0. The molecule has 0 aliphatic carbocycles. The Balaban J connectivity index is 2.40. The van der Waals surface area contributed by atoms with E-state index in [9.17, 15) is 0 Å². The number of nitrogens with zero attached hydrogens (tertiary/aromatic N) is 1. The fourth-order valence-corrected chi connectivity index (χ4v) is 0.0500. The first kappa shape index (κ1) is 4.43. The molecular formula is C2H6N2O. The molecule has 3 heteroatoms. The number of aliphatic hydroxyl groups excluding tert-OH is 1. The molecule has 2 N–H and O–H groups in total. The van der Waals surface area contributed by atoms with Gasteiger partial charge in [-0.15, -0.1) is 0 Å². The Bertz CT molecular complexity index is 28.8. The van der Waals surface area contributed by atoms with E-state index in [1.165, 1.54) is 0 Å². The molecule has 0 radical (unpaired) electrons. The van der Waals surface area contributed by atoms with Crippen molar-refractivity contribution in [2.45, 2.75) is 0 Å². The average molecular weight is 74.1 g/mol. The third kappa shape index (κ3) is 3.43. The number of aliphatic hydroxyl groups is 1. The predicted molar refractivity (Wildman–Crippen MR) is 19.8 cm³/mol. The van der Waals surface area contributed by atoms with E-state index in [4.69, 9.17) is 5.11 Å². The highest BCUT2D eigenvalue weighted by Crippen LogP contribution is 1.39. The fraction of sp³-hybridized carbons (Fsp3) is 0.500. The summed E-state index contributed by atoms with van der Waals surface area (Å²) in [6.45, 7) is 2.89. The molecule has 0 aromatic carbocycles. The summed E-state index contributed by atoms with van der Waals surface area (Å²) in [6, 6.07) is 0. The summed E-state index contributed by atoms with van der Waals surface area (Å²) in [7, 11) is 0. The summed E-state index contributed by atoms with van der Waals surface area (Å²) in [4.78, 5) is 0. The van der Waals surface area contributed by atoms with E-state index in [0.717, 1.165) is 0 Å². The minimum Gasteiger partial charge on any atom is -0.375 e. The molecule has 0 aromatic rings. The first-order valence-electron chi connectivity index (χ1n) is 1.21. The van der Waals surface area contributed by atoms with Crippen molar-refractivity contribution in [3.63, 3.8) is 0 Å². The molecule has 0 amide bonds. The third-order valence-corrected chi connectivity index (χ3v) is 0.183. The molecule has 0 spiro atoms. The van der Waals surface area contributed by atoms with Crippen molar-refractivity contribution in [3.05, 3.63) is 0 Å². The number of rotatable bonds is 2. The lowest BCUT2D eigenvalue weighted by atomic mass is 11.3. The van der Waals surface area contributed by atoms with E-state index in [-0.39, 0.29) is 6.73 Å². The van der Waals surface area contributed by atoms with Gasteiger partial charge in [-0.05, 0) is 0 Å². The Kier molecular flexibility index (Phi) is 3.04. The van der Waals surface area contributed by atoms with Crippen LogP contribution in [0.2, 0.25) is 0 Å². The number of hydrogen-bond acceptors (Lipinski definition) is 3. The first-order valence-corrected chi connectivity index (χ1v) is 1.21. The summed E-state index contributed by atoms with van der Waals surface area (Å²) >= 11 is 0. The highest BCUT2D eigenvalue weighted by Gasteiger charge is 1.54. The van der Waals surface area contributed by atoms with Gasteiger partial charge in [-0.25, -0.2) is 0 Å². The van der Waals surface area contributed by atoms with Gasteiger partial charge in [0.25, 0.3) is 0 Å². The van der Waals surface area contributed by atoms with Crippen molar-refractivity contribution in [1.82, 2.24) is 5.43 Å². The molecule has 0 saturated carbocycles. The predicted octanol–water partition coefficient (Wildman–Crippen LogP) is -0.859. The van der Waals surface area contributed by atoms with Crippen molar-refractivity contribution in [2.24, 2.45) is 5.10 Å². The normalized spacial score (nSPS) is 6.60. The van der Waals surface area contributed by atoms with Crippen LogP contribution in [0.25, 0.3) is 0 Å². The lowest BCUT2D eigenvalue weighted by Crippen LogP contribution is -2.03. The second-order valence-electron chi connectivity index (χ2n) is 0.474. The zero-order chi connectivity index (χ0) is 4.12. The van der Waals surface area contributed by atoms with Gasteiger partial charge in [0.15, 0.2) is 0 Å². The van der Waals surface area contributed by atoms with Crippen molar-refractivity contribution < 1.29 is 5.11 Å². The monoisotopic (exact) mass is 74.0 g/mol. The molecule has 0 bridgehead atoms. The van der Waals surface area contributed by atoms with Gasteiger partial charge in [-0.2, -0.15) is 5.10 Å². The van der Waals surface area contributed by atoms with Crippen molar-refractivity contribution in [2.75, 3.05) is 6.73 Å². The van der Waals surface area contributed by atoms with Crippen LogP contribution in [-0.4, -0.2) is 18.6 Å². The van der Waals surface area contributed by atoms with Crippen LogP contribution in [0.1, 0.15) is 0 Å². The highest BCUT2D eigenvalue weighted by molar-refractivity contribution is 5.22. The van der Waals surface area contributed by atoms with Gasteiger partial charge in [0.1, 0.15) is 6.73 Å². The van der Waals surface area contributed by atoms with Gasteiger partial charge < -0.3 is 5.11 Å². The Morgan fingerprint density at radius 1 is 2.00 bits per heavy atom. The molecule has 0 heterocycles. The molecule has 30 valence electrons. The molecule has 0 saturated heterocycles. The molecule has 0 aliphatic rings. The minimum absolute atomic E-state index is 0.135. The van der Waals surface area contributed by atoms with Crippen LogP contribution in [0.5, 0.6) is 0 Å². The zero-order valence-electron chi connectivity index (χ0n) is 2.81. The smallest absolute Gasteiger partial charge is 0.128 e. The molecule has 0 fully saturated rings. The van der Waals surface area contributed by atoms with E-state index < -0.39 is 0 Å². The molecule has 0 rings (SSSR count). The summed E-state index contributed by atoms with van der Waals surface area (Å²) in [6.07, 6.45) is 0. The van der Waals surface area contributed by atoms with Crippen LogP contribution < -0.4 is 5.43 Å². The van der Waals surface area contributed by atoms with Gasteiger partial charge >= 0.3 is 0 Å². The minimum atomic E-state index is -0.135. The van der Waals surface area contributed by atoms with Crippen molar-refractivity contribution in [3.8, 4) is 0 Å². The molecule has 5 heavy (non-hydrogen) atoms. The summed E-state index contributed by atoms with van der Waals surface area (Å²) in [5.41, 5.74) is 2.18. The van der Waals surface area contributed by atoms with Gasteiger partial charge in [0.05, 0.1) is 0 Å². The summed E-state index contributed by atoms with van der Waals surface area (Å²) in [5.74, 6) is 0. The maximum Gasteiger partial charge on any atom is 0.128 e. The van der Waals surface area contributed by atoms with Gasteiger partial charge in [-0.3, -0.25) is 5.43 Å². The Morgan fingerprint density at radius 3 is 2.60 bits per heavy atom. The van der Waals surface area contributed by atoms with Gasteiger partial charge in [0.2, 0.25) is 0 Å². The molecule has 0 atom stereocenters. The lowest BCUT2D eigenvalue weighted by molar-refractivity contribution is 0.264. The summed E-state index contributed by atoms with van der Waals surface area (Å²) in [5, 5.41) is 10.9. The molecular weight excluding hydrogens is 68.0 g/mol. The second-order valence-corrected chi connectivity index (χ2v) is 0.474. The van der Waals surface area contributed by atoms with Crippen LogP contribution in [0.3, 0.4) is 0 Å². The largest absolute Gasteiger partial charge is 0.375 e. The topological polar surface area (TPSA) is 44.6 Å². The van der Waals surface area contributed by atoms with Gasteiger partial charge in [0, 0.05) is 6.72 Å². The second kappa shape index (κ2) is 3.43. The molecule has 3 nitrogen and oxygen atoms in total. The Labute approximate surface area is 30.3 Å². The zero-order valence-corrected chi connectivity index (χ0v) is 2.81. The number of hydrazone groups is 1. The maximum absolute atomic E-state index is 7.82. The standard InChI is InChI=1S/C2H6N2O/c1-3-4-2-5/h4-5H,1-2H2. The van der Waals surface area contributed by atoms with Crippen LogP contribution >= 0.6 is 0 Å². The van der Waals surface area contributed by atoms with Gasteiger partial charge in [-0.1, -0.05) is 0 Å². The Hall–Kier alpha value is -0.570. The quantitative estimate of drug-likeness (QED) is 0.254. The average Bonchev–Trinajstić information content (AvgIpc) is 1.41. The van der Waals surface area contributed by atoms with E-state index in [2.05, 4.69) is 17.2 Å². The van der Waals surface area contributed by atoms with E-state index in [1.807, 2.05) is 0 Å². The van der Waals surface area contributed by atoms with Crippen LogP contribution in [0.4, 0.5) is 0 Å². The van der Waals surface area contributed by atoms with E-state index in [0.29, 0.717) is 0 Å². The maximum atomic E-state index is 7.82. The Morgan fingerprint density at radius 2 is 2.60 bits per heavy atom. The highest BCUT2D eigenvalue weighted by atomic mass is 16.3. The molecule has 0 unspecified atom stereocenters. The van der Waals surface area contributed by atoms with Crippen LogP contribution in [0.15, 0.2) is 5.10 Å². The lowest BCUT2D eigenvalue weighted by Gasteiger charge is -1.82. The van der Waals surface area contributed by atoms with Crippen LogP contribution in [0, 0.1) is 0 Å².